The zero-order valence-corrected chi connectivity index (χ0v) is 33.2. The van der Waals surface area contributed by atoms with E-state index in [1.807, 2.05) is 21.1 Å². The summed E-state index contributed by atoms with van der Waals surface area (Å²) in [5.41, 5.74) is 0. The SMILES string of the molecule is CC/C=C/C/C=C/C/C=C/C/C=C/C/C=C/CCCCCC(=O)OC(COCCC(C(=O)O)[N+](C)(C)C)COC(=O)CCCC/C=C/C/C=C/CC. The van der Waals surface area contributed by atoms with Gasteiger partial charge in [-0.05, 0) is 83.5 Å². The molecule has 0 aromatic carbocycles. The van der Waals surface area contributed by atoms with E-state index >= 15 is 0 Å². The van der Waals surface area contributed by atoms with Gasteiger partial charge in [-0.2, -0.15) is 0 Å². The Bertz CT molecular complexity index is 1120. The lowest BCUT2D eigenvalue weighted by atomic mass is 10.1. The molecule has 0 saturated carbocycles. The maximum atomic E-state index is 12.7. The van der Waals surface area contributed by atoms with Crippen LogP contribution < -0.4 is 0 Å². The van der Waals surface area contributed by atoms with Gasteiger partial charge >= 0.3 is 17.9 Å². The highest BCUT2D eigenvalue weighted by atomic mass is 16.6. The monoisotopic (exact) mass is 727 g/mol. The van der Waals surface area contributed by atoms with Crippen LogP contribution in [0.25, 0.3) is 0 Å². The van der Waals surface area contributed by atoms with Crippen molar-refractivity contribution in [1.29, 1.82) is 0 Å². The standard InChI is InChI=1S/C44H71NO7/c1-6-8-10-12-14-16-17-18-19-20-21-22-23-24-25-27-29-31-33-35-43(47)52-40(38-50-37-36-41(44(48)49)45(3,4)5)39-51-42(46)34-32-30-28-26-15-13-11-9-7-2/h8-11,14-16,18-19,21-22,24-26,40-41H,6-7,12-13,17,20,23,27-39H2,1-5H3/p+1/b10-8+,11-9+,16-14+,19-18+,22-21+,25-24+,26-15+. The molecule has 0 aromatic rings. The minimum absolute atomic E-state index is 0.0316. The number of allylic oxidation sites excluding steroid dienone is 14. The second-order valence-electron chi connectivity index (χ2n) is 13.8. The number of nitrogens with zero attached hydrogens (tertiary/aromatic N) is 1. The van der Waals surface area contributed by atoms with E-state index in [2.05, 4.69) is 98.9 Å². The van der Waals surface area contributed by atoms with Crippen LogP contribution in [0.3, 0.4) is 0 Å². The summed E-state index contributed by atoms with van der Waals surface area (Å²) in [5, 5.41) is 9.58. The summed E-state index contributed by atoms with van der Waals surface area (Å²) in [4.78, 5) is 36.7. The van der Waals surface area contributed by atoms with Crippen LogP contribution in [0.5, 0.6) is 0 Å². The van der Waals surface area contributed by atoms with Crippen LogP contribution in [0.15, 0.2) is 85.1 Å². The van der Waals surface area contributed by atoms with Crippen molar-refractivity contribution in [2.45, 2.75) is 135 Å². The molecule has 0 heterocycles. The van der Waals surface area contributed by atoms with Gasteiger partial charge in [-0.3, -0.25) is 9.59 Å². The van der Waals surface area contributed by atoms with Gasteiger partial charge in [0.2, 0.25) is 0 Å². The van der Waals surface area contributed by atoms with E-state index in [9.17, 15) is 19.5 Å². The van der Waals surface area contributed by atoms with Crippen molar-refractivity contribution in [3.63, 3.8) is 0 Å². The Labute approximate surface area is 316 Å². The summed E-state index contributed by atoms with van der Waals surface area (Å²) >= 11 is 0. The first kappa shape index (κ1) is 48.5. The van der Waals surface area contributed by atoms with Crippen LogP contribution >= 0.6 is 0 Å². The lowest BCUT2D eigenvalue weighted by molar-refractivity contribution is -0.887. The molecule has 0 amide bonds. The van der Waals surface area contributed by atoms with Crippen molar-refractivity contribution in [2.24, 2.45) is 0 Å². The van der Waals surface area contributed by atoms with E-state index < -0.39 is 18.1 Å². The van der Waals surface area contributed by atoms with Crippen LogP contribution in [0.2, 0.25) is 0 Å². The molecule has 0 bridgehead atoms. The van der Waals surface area contributed by atoms with Gasteiger partial charge in [-0.25, -0.2) is 4.79 Å². The topological polar surface area (TPSA) is 99.1 Å². The van der Waals surface area contributed by atoms with Crippen molar-refractivity contribution < 1.29 is 38.2 Å². The fourth-order valence-electron chi connectivity index (χ4n) is 5.03. The molecule has 8 nitrogen and oxygen atoms in total. The maximum Gasteiger partial charge on any atom is 0.362 e. The Morgan fingerprint density at radius 3 is 1.50 bits per heavy atom. The number of hydrogen-bond donors (Lipinski definition) is 1. The van der Waals surface area contributed by atoms with E-state index in [4.69, 9.17) is 14.2 Å². The highest BCUT2D eigenvalue weighted by molar-refractivity contribution is 5.72. The molecule has 0 aromatic heterocycles. The van der Waals surface area contributed by atoms with Crippen LogP contribution in [-0.4, -0.2) is 80.6 Å². The molecule has 52 heavy (non-hydrogen) atoms. The molecule has 1 N–H and O–H groups in total. The summed E-state index contributed by atoms with van der Waals surface area (Å²) in [6.45, 7) is 4.39. The largest absolute Gasteiger partial charge is 0.477 e. The van der Waals surface area contributed by atoms with Gasteiger partial charge in [-0.1, -0.05) is 105 Å². The molecule has 0 radical (unpaired) electrons. The molecule has 0 aliphatic rings. The number of carbonyl (C=O) groups excluding carboxylic acids is 2. The molecular formula is C44H72NO7+. The minimum atomic E-state index is -0.891. The summed E-state index contributed by atoms with van der Waals surface area (Å²) in [7, 11) is 5.48. The average molecular weight is 727 g/mol. The predicted molar refractivity (Wildman–Crippen MR) is 215 cm³/mol. The number of carboxylic acid groups (broad SMARTS) is 1. The molecule has 294 valence electrons. The highest BCUT2D eigenvalue weighted by Crippen LogP contribution is 2.11. The third-order valence-electron chi connectivity index (χ3n) is 8.04. The zero-order valence-electron chi connectivity index (χ0n) is 33.2. The van der Waals surface area contributed by atoms with E-state index in [0.29, 0.717) is 19.3 Å². The number of carboxylic acids is 1. The second-order valence-corrected chi connectivity index (χ2v) is 13.8. The summed E-state index contributed by atoms with van der Waals surface area (Å²) in [6, 6.07) is -0.629. The molecule has 0 aliphatic heterocycles. The fourth-order valence-corrected chi connectivity index (χ4v) is 5.03. The van der Waals surface area contributed by atoms with Gasteiger partial charge < -0.3 is 23.8 Å². The molecule has 0 aliphatic carbocycles. The number of likely N-dealkylation sites (N-methyl/N-ethyl adjacent to an activating group) is 1. The molecule has 0 rings (SSSR count). The zero-order chi connectivity index (χ0) is 38.5. The van der Waals surface area contributed by atoms with Crippen molar-refractivity contribution in [2.75, 3.05) is 41.0 Å². The average Bonchev–Trinajstić information content (AvgIpc) is 3.09. The number of aliphatic carboxylic acids is 1. The number of ether oxygens (including phenoxy) is 3. The fraction of sp³-hybridized carbons (Fsp3) is 0.614. The quantitative estimate of drug-likeness (QED) is 0.0311. The van der Waals surface area contributed by atoms with Crippen molar-refractivity contribution in [1.82, 2.24) is 0 Å². The first-order valence-corrected chi connectivity index (χ1v) is 19.6. The smallest absolute Gasteiger partial charge is 0.362 e. The Morgan fingerprint density at radius 1 is 0.577 bits per heavy atom. The molecule has 0 fully saturated rings. The Hall–Kier alpha value is -3.49. The van der Waals surface area contributed by atoms with E-state index in [1.54, 1.807) is 0 Å². The van der Waals surface area contributed by atoms with Gasteiger partial charge in [0.25, 0.3) is 0 Å². The third kappa shape index (κ3) is 32.4. The molecule has 2 atom stereocenters. The number of carbonyl (C=O) groups is 3. The first-order valence-electron chi connectivity index (χ1n) is 19.6. The predicted octanol–water partition coefficient (Wildman–Crippen LogP) is 10.2. The third-order valence-corrected chi connectivity index (χ3v) is 8.04. The van der Waals surface area contributed by atoms with Crippen LogP contribution in [-0.2, 0) is 28.6 Å². The number of hydrogen-bond acceptors (Lipinski definition) is 6. The van der Waals surface area contributed by atoms with Crippen molar-refractivity contribution in [3.8, 4) is 0 Å². The number of rotatable bonds is 33. The molecule has 2 unspecified atom stereocenters. The van der Waals surface area contributed by atoms with E-state index in [0.717, 1.165) is 83.5 Å². The number of esters is 2. The lowest BCUT2D eigenvalue weighted by Crippen LogP contribution is -2.50. The van der Waals surface area contributed by atoms with Crippen LogP contribution in [0.4, 0.5) is 0 Å². The van der Waals surface area contributed by atoms with Gasteiger partial charge in [0, 0.05) is 19.3 Å². The van der Waals surface area contributed by atoms with Gasteiger partial charge in [0.15, 0.2) is 12.1 Å². The molecule has 0 spiro atoms. The second kappa shape index (κ2) is 34.6. The summed E-state index contributed by atoms with van der Waals surface area (Å²) < 4.78 is 17.1. The summed E-state index contributed by atoms with van der Waals surface area (Å²) in [5.74, 6) is -1.57. The summed E-state index contributed by atoms with van der Waals surface area (Å²) in [6.07, 6.45) is 43.6. The van der Waals surface area contributed by atoms with Gasteiger partial charge in [0.05, 0.1) is 34.4 Å². The lowest BCUT2D eigenvalue weighted by Gasteiger charge is -2.31. The van der Waals surface area contributed by atoms with E-state index in [1.165, 1.54) is 0 Å². The van der Waals surface area contributed by atoms with E-state index in [-0.39, 0.29) is 42.7 Å². The highest BCUT2D eigenvalue weighted by Gasteiger charge is 2.31. The Balaban J connectivity index is 4.48. The van der Waals surface area contributed by atoms with Gasteiger partial charge in [-0.15, -0.1) is 0 Å². The molecule has 0 saturated heterocycles. The Morgan fingerprint density at radius 2 is 1.02 bits per heavy atom. The van der Waals surface area contributed by atoms with Crippen molar-refractivity contribution in [3.05, 3.63) is 85.1 Å². The Kier molecular flexibility index (Phi) is 32.3. The number of quaternary nitrogens is 1. The van der Waals surface area contributed by atoms with Crippen LogP contribution in [0, 0.1) is 0 Å². The first-order chi connectivity index (χ1) is 25.1. The molecular weight excluding hydrogens is 654 g/mol. The maximum absolute atomic E-state index is 12.7. The molecule has 8 heteroatoms. The number of unbranched alkanes of at least 4 members (excludes halogenated alkanes) is 5. The van der Waals surface area contributed by atoms with Crippen molar-refractivity contribution >= 4 is 17.9 Å². The minimum Gasteiger partial charge on any atom is -0.477 e. The normalized spacial score (nSPS) is 13.9. The van der Waals surface area contributed by atoms with Gasteiger partial charge in [0.1, 0.15) is 6.61 Å². The van der Waals surface area contributed by atoms with Crippen LogP contribution in [0.1, 0.15) is 123 Å².